The molecule has 4 saturated heterocycles. The van der Waals surface area contributed by atoms with Crippen LogP contribution in [0, 0.1) is 0 Å². The number of nitrogens with zero attached hydrogens (tertiary/aromatic N) is 11. The van der Waals surface area contributed by atoms with Crippen molar-refractivity contribution in [3.63, 3.8) is 0 Å². The van der Waals surface area contributed by atoms with Crippen LogP contribution in [-0.4, -0.2) is 122 Å². The number of nitrogens with one attached hydrogen (secondary N) is 1. The highest BCUT2D eigenvalue weighted by Crippen LogP contribution is 2.32. The van der Waals surface area contributed by atoms with E-state index < -0.39 is 0 Å². The van der Waals surface area contributed by atoms with E-state index in [0.29, 0.717) is 93.8 Å². The van der Waals surface area contributed by atoms with Gasteiger partial charge in [-0.25, -0.2) is 5.43 Å². The maximum Gasteiger partial charge on any atom is 0.328 e. The van der Waals surface area contributed by atoms with Crippen LogP contribution in [0.25, 0.3) is 0 Å². The Morgan fingerprint density at radius 3 is 1.67 bits per heavy atom. The third-order valence-electron chi connectivity index (χ3n) is 8.34. The van der Waals surface area contributed by atoms with Gasteiger partial charge in [0.2, 0.25) is 29.7 Å². The van der Waals surface area contributed by atoms with Crippen LogP contribution >= 0.6 is 0 Å². The van der Waals surface area contributed by atoms with Crippen molar-refractivity contribution in [3.05, 3.63) is 23.8 Å². The minimum atomic E-state index is 0.191. The van der Waals surface area contributed by atoms with Crippen LogP contribution in [0.4, 0.5) is 29.7 Å². The molecule has 0 radical (unpaired) electrons. The lowest BCUT2D eigenvalue weighted by Crippen LogP contribution is -2.40. The molecular formula is C30H40N12O4. The van der Waals surface area contributed by atoms with Gasteiger partial charge in [-0.3, -0.25) is 0 Å². The number of hydrogen-bond donors (Lipinski definition) is 1. The summed E-state index contributed by atoms with van der Waals surface area (Å²) >= 11 is 0. The zero-order valence-electron chi connectivity index (χ0n) is 26.2. The average molecular weight is 633 g/mol. The predicted octanol–water partition coefficient (Wildman–Crippen LogP) is 2.18. The molecule has 244 valence electrons. The summed E-state index contributed by atoms with van der Waals surface area (Å²) < 4.78 is 23.0. The van der Waals surface area contributed by atoms with Crippen LogP contribution in [0.2, 0.25) is 0 Å². The third-order valence-corrected chi connectivity index (χ3v) is 8.34. The van der Waals surface area contributed by atoms with Crippen LogP contribution in [-0.2, 0) is 9.47 Å². The number of methoxy groups -OCH3 is 1. The molecule has 46 heavy (non-hydrogen) atoms. The van der Waals surface area contributed by atoms with Crippen molar-refractivity contribution < 1.29 is 18.9 Å². The quantitative estimate of drug-likeness (QED) is 0.257. The standard InChI is InChI=1S/C30H40N12O4/c1-43-24-20-22(21-31-38-25-32-26(39-8-2-3-9-39)34-27(33-25)40-10-4-5-11-40)6-7-23(24)46-30-36-28(41-12-16-44-17-13-41)35-29(37-30)42-14-18-45-19-15-42/h6-7,20-21H,2-5,8-19H2,1H3,(H,32,33,34,38)/b31-21+. The molecule has 16 nitrogen and oxygen atoms in total. The number of aromatic nitrogens is 6. The van der Waals surface area contributed by atoms with Crippen LogP contribution in [0.3, 0.4) is 0 Å². The first-order valence-electron chi connectivity index (χ1n) is 16.0. The van der Waals surface area contributed by atoms with E-state index in [0.717, 1.165) is 57.4 Å². The summed E-state index contributed by atoms with van der Waals surface area (Å²) in [5.74, 6) is 3.92. The second-order valence-corrected chi connectivity index (χ2v) is 11.4. The fourth-order valence-electron chi connectivity index (χ4n) is 5.82. The molecule has 1 aromatic carbocycles. The third kappa shape index (κ3) is 7.12. The Hall–Kier alpha value is -4.57. The SMILES string of the molecule is COc1cc(/C=N/Nc2nc(N3CCCC3)nc(N3CCCC3)n2)ccc1Oc1nc(N2CCOCC2)nc(N2CCOCC2)n1. The molecule has 16 heteroatoms. The monoisotopic (exact) mass is 632 g/mol. The summed E-state index contributed by atoms with van der Waals surface area (Å²) in [6.07, 6.45) is 6.27. The fourth-order valence-corrected chi connectivity index (χ4v) is 5.82. The largest absolute Gasteiger partial charge is 0.493 e. The fraction of sp³-hybridized carbons (Fsp3) is 0.567. The van der Waals surface area contributed by atoms with Crippen LogP contribution in [0.1, 0.15) is 31.2 Å². The highest BCUT2D eigenvalue weighted by molar-refractivity contribution is 5.81. The van der Waals surface area contributed by atoms with Gasteiger partial charge in [-0.2, -0.15) is 35.0 Å². The van der Waals surface area contributed by atoms with Crippen molar-refractivity contribution in [2.45, 2.75) is 25.7 Å². The topological polar surface area (TPSA) is 152 Å². The summed E-state index contributed by atoms with van der Waals surface area (Å²) in [5.41, 5.74) is 3.81. The van der Waals surface area contributed by atoms with Gasteiger partial charge in [0, 0.05) is 52.4 Å². The second-order valence-electron chi connectivity index (χ2n) is 11.4. The van der Waals surface area contributed by atoms with Crippen molar-refractivity contribution in [2.24, 2.45) is 5.10 Å². The summed E-state index contributed by atoms with van der Waals surface area (Å²) in [7, 11) is 1.59. The van der Waals surface area contributed by atoms with E-state index in [4.69, 9.17) is 28.9 Å². The Bertz CT molecular complexity index is 1430. The zero-order chi connectivity index (χ0) is 31.1. The van der Waals surface area contributed by atoms with Crippen LogP contribution in [0.5, 0.6) is 17.5 Å². The van der Waals surface area contributed by atoms with Gasteiger partial charge in [0.1, 0.15) is 0 Å². The molecule has 4 aliphatic heterocycles. The van der Waals surface area contributed by atoms with E-state index in [9.17, 15) is 0 Å². The average Bonchev–Trinajstić information content (AvgIpc) is 3.86. The maximum absolute atomic E-state index is 6.22. The molecular weight excluding hydrogens is 592 g/mol. The molecule has 3 aromatic rings. The number of morpholine rings is 2. The lowest BCUT2D eigenvalue weighted by Gasteiger charge is -2.30. The highest BCUT2D eigenvalue weighted by atomic mass is 16.5. The van der Waals surface area contributed by atoms with E-state index >= 15 is 0 Å². The number of anilines is 5. The molecule has 0 aliphatic carbocycles. The normalized spacial score (nSPS) is 18.9. The maximum atomic E-state index is 6.22. The zero-order valence-corrected chi connectivity index (χ0v) is 26.2. The Labute approximate surface area is 267 Å². The summed E-state index contributed by atoms with van der Waals surface area (Å²) in [4.78, 5) is 36.7. The van der Waals surface area contributed by atoms with Gasteiger partial charge in [-0.15, -0.1) is 0 Å². The number of ether oxygens (including phenoxy) is 4. The van der Waals surface area contributed by atoms with Crippen molar-refractivity contribution in [2.75, 3.05) is 111 Å². The van der Waals surface area contributed by atoms with E-state index in [-0.39, 0.29) is 6.01 Å². The van der Waals surface area contributed by atoms with Gasteiger partial charge < -0.3 is 38.5 Å². The van der Waals surface area contributed by atoms with Crippen LogP contribution < -0.4 is 34.5 Å². The first-order chi connectivity index (χ1) is 22.7. The first-order valence-corrected chi connectivity index (χ1v) is 16.0. The molecule has 0 bridgehead atoms. The van der Waals surface area contributed by atoms with Gasteiger partial charge in [-0.1, -0.05) is 0 Å². The molecule has 2 aromatic heterocycles. The Morgan fingerprint density at radius 1 is 0.652 bits per heavy atom. The molecule has 7 rings (SSSR count). The van der Waals surface area contributed by atoms with Gasteiger partial charge in [0.05, 0.1) is 39.8 Å². The number of benzene rings is 1. The van der Waals surface area contributed by atoms with E-state index in [1.165, 1.54) is 0 Å². The molecule has 0 amide bonds. The van der Waals surface area contributed by atoms with Crippen molar-refractivity contribution in [3.8, 4) is 17.5 Å². The molecule has 0 atom stereocenters. The number of hydrogen-bond acceptors (Lipinski definition) is 16. The van der Waals surface area contributed by atoms with Crippen LogP contribution in [0.15, 0.2) is 23.3 Å². The smallest absolute Gasteiger partial charge is 0.328 e. The molecule has 0 unspecified atom stereocenters. The summed E-state index contributed by atoms with van der Waals surface area (Å²) in [5, 5.41) is 4.44. The van der Waals surface area contributed by atoms with Gasteiger partial charge in [0.25, 0.3) is 0 Å². The number of rotatable bonds is 10. The minimum absolute atomic E-state index is 0.191. The molecule has 0 spiro atoms. The van der Waals surface area contributed by atoms with E-state index in [1.54, 1.807) is 13.3 Å². The Balaban J connectivity index is 1.08. The highest BCUT2D eigenvalue weighted by Gasteiger charge is 2.23. The second kappa shape index (κ2) is 14.2. The molecule has 0 saturated carbocycles. The van der Waals surface area contributed by atoms with Crippen molar-refractivity contribution >= 4 is 36.0 Å². The lowest BCUT2D eigenvalue weighted by atomic mass is 10.2. The Kier molecular flexibility index (Phi) is 9.32. The van der Waals surface area contributed by atoms with Gasteiger partial charge >= 0.3 is 6.01 Å². The lowest BCUT2D eigenvalue weighted by molar-refractivity contribution is 0.121. The first kappa shape index (κ1) is 30.1. The molecule has 4 aliphatic rings. The van der Waals surface area contributed by atoms with E-state index in [1.807, 2.05) is 18.2 Å². The van der Waals surface area contributed by atoms with Gasteiger partial charge in [-0.05, 0) is 49.4 Å². The van der Waals surface area contributed by atoms with Crippen molar-refractivity contribution in [1.82, 2.24) is 29.9 Å². The molecule has 1 N–H and O–H groups in total. The van der Waals surface area contributed by atoms with Crippen molar-refractivity contribution in [1.29, 1.82) is 0 Å². The van der Waals surface area contributed by atoms with E-state index in [2.05, 4.69) is 50.1 Å². The Morgan fingerprint density at radius 2 is 1.15 bits per heavy atom. The molecule has 6 heterocycles. The van der Waals surface area contributed by atoms with Gasteiger partial charge in [0.15, 0.2) is 11.5 Å². The summed E-state index contributed by atoms with van der Waals surface area (Å²) in [6, 6.07) is 5.73. The predicted molar refractivity (Wildman–Crippen MR) is 173 cm³/mol. The molecule has 4 fully saturated rings. The number of hydrazone groups is 1. The minimum Gasteiger partial charge on any atom is -0.493 e. The summed E-state index contributed by atoms with van der Waals surface area (Å²) in [6.45, 7) is 9.06.